The summed E-state index contributed by atoms with van der Waals surface area (Å²) in [7, 11) is 3.65. The summed E-state index contributed by atoms with van der Waals surface area (Å²) < 4.78 is 41.1. The molecular weight excluding hydrogens is 257 g/mol. The van der Waals surface area contributed by atoms with Crippen LogP contribution in [0.15, 0.2) is 24.3 Å². The summed E-state index contributed by atoms with van der Waals surface area (Å²) in [5.41, 5.74) is 5.93. The third-order valence-corrected chi connectivity index (χ3v) is 3.39. The van der Waals surface area contributed by atoms with Gasteiger partial charge in [-0.25, -0.2) is 0 Å². The number of benzene rings is 1. The first-order valence-corrected chi connectivity index (χ1v) is 5.83. The van der Waals surface area contributed by atoms with Crippen molar-refractivity contribution in [3.63, 3.8) is 0 Å². The van der Waals surface area contributed by atoms with Crippen molar-refractivity contribution >= 4 is 0 Å². The fourth-order valence-corrected chi connectivity index (χ4v) is 1.61. The maximum atomic E-state index is 12.4. The lowest BCUT2D eigenvalue weighted by atomic mass is 9.88. The number of alkyl halides is 3. The Morgan fingerprint density at radius 1 is 1.16 bits per heavy atom. The van der Waals surface area contributed by atoms with E-state index >= 15 is 0 Å². The number of nitrogens with zero attached hydrogens (tertiary/aromatic N) is 1. The quantitative estimate of drug-likeness (QED) is 0.919. The molecule has 0 radical (unpaired) electrons. The van der Waals surface area contributed by atoms with Crippen molar-refractivity contribution in [2.45, 2.75) is 31.8 Å². The molecule has 2 N–H and O–H groups in total. The highest BCUT2D eigenvalue weighted by atomic mass is 19.4. The summed E-state index contributed by atoms with van der Waals surface area (Å²) in [6.45, 7) is 3.73. The number of hydrogen-bond donors (Lipinski definition) is 1. The van der Waals surface area contributed by atoms with E-state index in [1.54, 1.807) is 12.1 Å². The van der Waals surface area contributed by atoms with Crippen LogP contribution in [0.1, 0.15) is 25.5 Å². The highest BCUT2D eigenvalue weighted by Crippen LogP contribution is 2.35. The second-order valence-electron chi connectivity index (χ2n) is 5.11. The summed E-state index contributed by atoms with van der Waals surface area (Å²) in [5.74, 6) is -0.252. The van der Waals surface area contributed by atoms with Gasteiger partial charge < -0.3 is 15.4 Å². The van der Waals surface area contributed by atoms with Gasteiger partial charge in [0.25, 0.3) is 0 Å². The second-order valence-corrected chi connectivity index (χ2v) is 5.11. The molecule has 0 amide bonds. The van der Waals surface area contributed by atoms with E-state index in [9.17, 15) is 13.2 Å². The van der Waals surface area contributed by atoms with Gasteiger partial charge in [0.05, 0.1) is 6.04 Å². The van der Waals surface area contributed by atoms with E-state index in [1.165, 1.54) is 12.1 Å². The van der Waals surface area contributed by atoms with Gasteiger partial charge in [0.1, 0.15) is 5.75 Å². The monoisotopic (exact) mass is 276 g/mol. The number of ether oxygens (including phenoxy) is 1. The maximum absolute atomic E-state index is 12.4. The molecule has 0 bridgehead atoms. The van der Waals surface area contributed by atoms with Crippen molar-refractivity contribution in [2.75, 3.05) is 14.1 Å². The minimum Gasteiger partial charge on any atom is -0.405 e. The molecule has 0 aromatic heterocycles. The minimum absolute atomic E-state index is 0.252. The van der Waals surface area contributed by atoms with Crippen LogP contribution in [0.5, 0.6) is 5.75 Å². The van der Waals surface area contributed by atoms with Crippen LogP contribution in [-0.4, -0.2) is 30.9 Å². The SMILES string of the molecule is CN(C)C(C)(C)C(N)c1ccccc1OC(F)(F)F. The van der Waals surface area contributed by atoms with Gasteiger partial charge in [-0.05, 0) is 34.0 Å². The normalized spacial score (nSPS) is 14.6. The molecule has 19 heavy (non-hydrogen) atoms. The first kappa shape index (κ1) is 15.8. The van der Waals surface area contributed by atoms with Crippen molar-refractivity contribution in [1.29, 1.82) is 0 Å². The largest absolute Gasteiger partial charge is 0.573 e. The molecule has 0 heterocycles. The van der Waals surface area contributed by atoms with E-state index in [0.717, 1.165) is 0 Å². The Labute approximate surface area is 111 Å². The molecule has 1 rings (SSSR count). The molecule has 1 aromatic rings. The number of likely N-dealkylation sites (N-methyl/N-ethyl adjacent to an activating group) is 1. The first-order chi connectivity index (χ1) is 8.55. The zero-order chi connectivity index (χ0) is 14.8. The molecule has 0 fully saturated rings. The Balaban J connectivity index is 3.14. The molecular formula is C13H19F3N2O. The van der Waals surface area contributed by atoms with Gasteiger partial charge in [-0.1, -0.05) is 18.2 Å². The number of para-hydroxylation sites is 1. The predicted octanol–water partition coefficient (Wildman–Crippen LogP) is 2.93. The summed E-state index contributed by atoms with van der Waals surface area (Å²) in [5, 5.41) is 0. The number of nitrogens with two attached hydrogens (primary N) is 1. The average Bonchev–Trinajstić information content (AvgIpc) is 2.26. The van der Waals surface area contributed by atoms with E-state index in [0.29, 0.717) is 5.56 Å². The zero-order valence-corrected chi connectivity index (χ0v) is 11.5. The Kier molecular flexibility index (Phi) is 4.47. The lowest BCUT2D eigenvalue weighted by molar-refractivity contribution is -0.275. The van der Waals surface area contributed by atoms with E-state index in [2.05, 4.69) is 4.74 Å². The molecule has 3 nitrogen and oxygen atoms in total. The van der Waals surface area contributed by atoms with E-state index in [-0.39, 0.29) is 5.75 Å². The highest BCUT2D eigenvalue weighted by molar-refractivity contribution is 5.37. The maximum Gasteiger partial charge on any atom is 0.573 e. The van der Waals surface area contributed by atoms with Gasteiger partial charge in [-0.15, -0.1) is 13.2 Å². The Morgan fingerprint density at radius 3 is 2.16 bits per heavy atom. The molecule has 108 valence electrons. The second kappa shape index (κ2) is 5.38. The van der Waals surface area contributed by atoms with E-state index in [4.69, 9.17) is 5.73 Å². The van der Waals surface area contributed by atoms with Gasteiger partial charge in [0.2, 0.25) is 0 Å². The van der Waals surface area contributed by atoms with Gasteiger partial charge in [0.15, 0.2) is 0 Å². The Morgan fingerprint density at radius 2 is 1.68 bits per heavy atom. The van der Waals surface area contributed by atoms with Crippen LogP contribution in [0.3, 0.4) is 0 Å². The highest BCUT2D eigenvalue weighted by Gasteiger charge is 2.36. The van der Waals surface area contributed by atoms with Crippen molar-refractivity contribution in [1.82, 2.24) is 4.90 Å². The molecule has 0 spiro atoms. The molecule has 0 aliphatic rings. The van der Waals surface area contributed by atoms with Crippen LogP contribution < -0.4 is 10.5 Å². The topological polar surface area (TPSA) is 38.5 Å². The lowest BCUT2D eigenvalue weighted by Crippen LogP contribution is -2.47. The molecule has 1 atom stereocenters. The fourth-order valence-electron chi connectivity index (χ4n) is 1.61. The average molecular weight is 276 g/mol. The van der Waals surface area contributed by atoms with Crippen LogP contribution in [0.4, 0.5) is 13.2 Å². The van der Waals surface area contributed by atoms with Crippen molar-refractivity contribution < 1.29 is 17.9 Å². The third kappa shape index (κ3) is 3.84. The summed E-state index contributed by atoms with van der Waals surface area (Å²) in [6.07, 6.45) is -4.72. The summed E-state index contributed by atoms with van der Waals surface area (Å²) >= 11 is 0. The molecule has 0 saturated carbocycles. The third-order valence-electron chi connectivity index (χ3n) is 3.39. The minimum atomic E-state index is -4.72. The first-order valence-electron chi connectivity index (χ1n) is 5.83. The van der Waals surface area contributed by atoms with Crippen LogP contribution in [-0.2, 0) is 0 Å². The van der Waals surface area contributed by atoms with Crippen molar-refractivity contribution in [3.05, 3.63) is 29.8 Å². The van der Waals surface area contributed by atoms with Gasteiger partial charge >= 0.3 is 6.36 Å². The van der Waals surface area contributed by atoms with Gasteiger partial charge in [-0.2, -0.15) is 0 Å². The number of hydrogen-bond acceptors (Lipinski definition) is 3. The van der Waals surface area contributed by atoms with Crippen LogP contribution >= 0.6 is 0 Å². The molecule has 1 unspecified atom stereocenters. The van der Waals surface area contributed by atoms with E-state index < -0.39 is 17.9 Å². The molecule has 0 aliphatic carbocycles. The predicted molar refractivity (Wildman–Crippen MR) is 67.8 cm³/mol. The van der Waals surface area contributed by atoms with Gasteiger partial charge in [-0.3, -0.25) is 0 Å². The fraction of sp³-hybridized carbons (Fsp3) is 0.538. The van der Waals surface area contributed by atoms with Crippen LogP contribution in [0.25, 0.3) is 0 Å². The Bertz CT molecular complexity index is 430. The van der Waals surface area contributed by atoms with E-state index in [1.807, 2.05) is 32.8 Å². The van der Waals surface area contributed by atoms with Crippen molar-refractivity contribution in [3.8, 4) is 5.75 Å². The molecule has 6 heteroatoms. The summed E-state index contributed by atoms with van der Waals surface area (Å²) in [6, 6.07) is 5.34. The number of rotatable bonds is 4. The van der Waals surface area contributed by atoms with Crippen LogP contribution in [0, 0.1) is 0 Å². The standard InChI is InChI=1S/C13H19F3N2O/c1-12(2,18(3)4)11(17)9-7-5-6-8-10(9)19-13(14,15)16/h5-8,11H,17H2,1-4H3. The van der Waals surface area contributed by atoms with Crippen LogP contribution in [0.2, 0.25) is 0 Å². The molecule has 0 aliphatic heterocycles. The van der Waals surface area contributed by atoms with Crippen molar-refractivity contribution in [2.24, 2.45) is 5.73 Å². The molecule has 1 aromatic carbocycles. The smallest absolute Gasteiger partial charge is 0.405 e. The molecule has 0 saturated heterocycles. The zero-order valence-electron chi connectivity index (χ0n) is 11.5. The Hall–Kier alpha value is -1.27. The van der Waals surface area contributed by atoms with Gasteiger partial charge in [0, 0.05) is 11.1 Å². The lowest BCUT2D eigenvalue weighted by Gasteiger charge is -2.38. The number of halogens is 3. The summed E-state index contributed by atoms with van der Waals surface area (Å²) in [4.78, 5) is 1.86.